The molecule has 1 amide bonds. The highest BCUT2D eigenvalue weighted by atomic mass is 32.1. The molecule has 0 bridgehead atoms. The van der Waals surface area contributed by atoms with Crippen molar-refractivity contribution in [3.8, 4) is 5.75 Å². The minimum Gasteiger partial charge on any atom is -0.496 e. The van der Waals surface area contributed by atoms with Gasteiger partial charge in [-0.3, -0.25) is 10.1 Å². The molecule has 0 atom stereocenters. The van der Waals surface area contributed by atoms with E-state index in [1.807, 2.05) is 48.2 Å². The second kappa shape index (κ2) is 5.21. The Balaban J connectivity index is 2.00. The van der Waals surface area contributed by atoms with Crippen LogP contribution in [0.15, 0.2) is 29.6 Å². The normalized spacial score (nSPS) is 10.8. The van der Waals surface area contributed by atoms with Crippen LogP contribution in [0, 0.1) is 6.92 Å². The van der Waals surface area contributed by atoms with Crippen LogP contribution in [0.4, 0.5) is 5.13 Å². The molecule has 21 heavy (non-hydrogen) atoms. The molecular formula is C15H15N3O2S. The van der Waals surface area contributed by atoms with Crippen molar-refractivity contribution >= 4 is 33.3 Å². The number of benzene rings is 1. The zero-order valence-corrected chi connectivity index (χ0v) is 12.8. The molecule has 0 saturated heterocycles. The largest absolute Gasteiger partial charge is 0.496 e. The second-order valence-corrected chi connectivity index (χ2v) is 5.59. The predicted molar refractivity (Wildman–Crippen MR) is 84.3 cm³/mol. The number of aromatic nitrogens is 2. The highest BCUT2D eigenvalue weighted by Gasteiger charge is 2.16. The van der Waals surface area contributed by atoms with E-state index in [2.05, 4.69) is 10.3 Å². The summed E-state index contributed by atoms with van der Waals surface area (Å²) in [5, 5.41) is 6.25. The highest BCUT2D eigenvalue weighted by Crippen LogP contribution is 2.28. The van der Waals surface area contributed by atoms with Crippen molar-refractivity contribution < 1.29 is 9.53 Å². The van der Waals surface area contributed by atoms with E-state index in [4.69, 9.17) is 4.74 Å². The van der Waals surface area contributed by atoms with Gasteiger partial charge >= 0.3 is 0 Å². The van der Waals surface area contributed by atoms with Crippen molar-refractivity contribution in [2.75, 3.05) is 12.4 Å². The number of ether oxygens (including phenoxy) is 1. The van der Waals surface area contributed by atoms with Crippen LogP contribution < -0.4 is 10.1 Å². The number of aryl methyl sites for hydroxylation is 2. The Morgan fingerprint density at radius 2 is 2.24 bits per heavy atom. The molecule has 3 aromatic rings. The smallest absolute Gasteiger partial charge is 0.274 e. The minimum atomic E-state index is -0.176. The molecule has 1 N–H and O–H groups in total. The summed E-state index contributed by atoms with van der Waals surface area (Å²) in [6.45, 7) is 1.90. The Kier molecular flexibility index (Phi) is 3.39. The Morgan fingerprint density at radius 1 is 1.43 bits per heavy atom. The van der Waals surface area contributed by atoms with Gasteiger partial charge in [-0.05, 0) is 25.1 Å². The summed E-state index contributed by atoms with van der Waals surface area (Å²) in [5.41, 5.74) is 2.42. The molecule has 0 saturated carbocycles. The van der Waals surface area contributed by atoms with Crippen LogP contribution in [0.1, 0.15) is 16.2 Å². The zero-order chi connectivity index (χ0) is 15.0. The number of fused-ring (bicyclic) bond motifs is 1. The average molecular weight is 301 g/mol. The maximum atomic E-state index is 12.4. The average Bonchev–Trinajstić information content (AvgIpc) is 3.03. The lowest BCUT2D eigenvalue weighted by atomic mass is 10.2. The molecule has 0 unspecified atom stereocenters. The fourth-order valence-corrected chi connectivity index (χ4v) is 2.98. The first-order valence-corrected chi connectivity index (χ1v) is 7.34. The summed E-state index contributed by atoms with van der Waals surface area (Å²) in [4.78, 5) is 16.7. The van der Waals surface area contributed by atoms with Crippen molar-refractivity contribution in [1.29, 1.82) is 0 Å². The third-order valence-electron chi connectivity index (χ3n) is 3.34. The Hall–Kier alpha value is -2.34. The number of hydrogen-bond donors (Lipinski definition) is 1. The monoisotopic (exact) mass is 301 g/mol. The molecule has 5 nitrogen and oxygen atoms in total. The number of carbonyl (C=O) groups is 1. The standard InChI is InChI=1S/C15H15N3O2S/c1-9-8-21-15(16-9)17-14(19)12-7-10-11(18(12)2)5-4-6-13(10)20-3/h4-8H,1-3H3,(H,16,17,19). The van der Waals surface area contributed by atoms with Crippen molar-refractivity contribution in [3.63, 3.8) is 0 Å². The van der Waals surface area contributed by atoms with Crippen LogP contribution in [-0.4, -0.2) is 22.6 Å². The van der Waals surface area contributed by atoms with Crippen molar-refractivity contribution in [1.82, 2.24) is 9.55 Å². The van der Waals surface area contributed by atoms with E-state index in [-0.39, 0.29) is 5.91 Å². The molecule has 0 spiro atoms. The maximum absolute atomic E-state index is 12.4. The van der Waals surface area contributed by atoms with E-state index in [0.717, 1.165) is 22.3 Å². The summed E-state index contributed by atoms with van der Waals surface area (Å²) in [6.07, 6.45) is 0. The molecule has 2 aromatic heterocycles. The first-order valence-electron chi connectivity index (χ1n) is 6.46. The van der Waals surface area contributed by atoms with E-state index >= 15 is 0 Å². The van der Waals surface area contributed by atoms with E-state index in [1.54, 1.807) is 7.11 Å². The second-order valence-electron chi connectivity index (χ2n) is 4.73. The number of methoxy groups -OCH3 is 1. The van der Waals surface area contributed by atoms with Gasteiger partial charge in [0.05, 0.1) is 18.3 Å². The van der Waals surface area contributed by atoms with Crippen LogP contribution in [0.25, 0.3) is 10.9 Å². The first kappa shape index (κ1) is 13.6. The predicted octanol–water partition coefficient (Wildman–Crippen LogP) is 3.20. The molecule has 108 valence electrons. The van der Waals surface area contributed by atoms with Crippen LogP contribution in [0.5, 0.6) is 5.75 Å². The number of nitrogens with one attached hydrogen (secondary N) is 1. The summed E-state index contributed by atoms with van der Waals surface area (Å²) in [6, 6.07) is 7.59. The van der Waals surface area contributed by atoms with Gasteiger partial charge in [-0.25, -0.2) is 4.98 Å². The molecule has 1 aromatic carbocycles. The van der Waals surface area contributed by atoms with Crippen molar-refractivity contribution in [2.45, 2.75) is 6.92 Å². The van der Waals surface area contributed by atoms with Crippen LogP contribution in [-0.2, 0) is 7.05 Å². The highest BCUT2D eigenvalue weighted by molar-refractivity contribution is 7.13. The number of hydrogen-bond acceptors (Lipinski definition) is 4. The van der Waals surface area contributed by atoms with Crippen LogP contribution >= 0.6 is 11.3 Å². The molecule has 0 aliphatic heterocycles. The minimum absolute atomic E-state index is 0.176. The summed E-state index contributed by atoms with van der Waals surface area (Å²) >= 11 is 1.42. The molecule has 0 aliphatic carbocycles. The van der Waals surface area contributed by atoms with E-state index in [9.17, 15) is 4.79 Å². The molecule has 0 aliphatic rings. The van der Waals surface area contributed by atoms with Gasteiger partial charge in [0.15, 0.2) is 5.13 Å². The SMILES string of the molecule is COc1cccc2c1cc(C(=O)Nc1nc(C)cs1)n2C. The quantitative estimate of drug-likeness (QED) is 0.808. The van der Waals surface area contributed by atoms with E-state index in [0.29, 0.717) is 10.8 Å². The first-order chi connectivity index (χ1) is 10.1. The third-order valence-corrected chi connectivity index (χ3v) is 4.21. The Labute approximate surface area is 126 Å². The summed E-state index contributed by atoms with van der Waals surface area (Å²) in [7, 11) is 3.49. The van der Waals surface area contributed by atoms with Gasteiger partial charge in [-0.2, -0.15) is 0 Å². The molecule has 0 fully saturated rings. The van der Waals surface area contributed by atoms with E-state index in [1.165, 1.54) is 11.3 Å². The Morgan fingerprint density at radius 3 is 2.90 bits per heavy atom. The maximum Gasteiger partial charge on any atom is 0.274 e. The van der Waals surface area contributed by atoms with Gasteiger partial charge in [-0.1, -0.05) is 6.07 Å². The molecule has 2 heterocycles. The Bertz CT molecular complexity index is 820. The number of amides is 1. The molecule has 0 radical (unpaired) electrons. The van der Waals surface area contributed by atoms with Gasteiger partial charge in [0.2, 0.25) is 0 Å². The molecule has 6 heteroatoms. The van der Waals surface area contributed by atoms with Gasteiger partial charge in [0.25, 0.3) is 5.91 Å². The van der Waals surface area contributed by atoms with Crippen molar-refractivity contribution in [2.24, 2.45) is 7.05 Å². The fourth-order valence-electron chi connectivity index (χ4n) is 2.30. The van der Waals surface area contributed by atoms with Crippen molar-refractivity contribution in [3.05, 3.63) is 41.0 Å². The van der Waals surface area contributed by atoms with Crippen LogP contribution in [0.2, 0.25) is 0 Å². The fraction of sp³-hybridized carbons (Fsp3) is 0.200. The summed E-state index contributed by atoms with van der Waals surface area (Å²) < 4.78 is 7.20. The topological polar surface area (TPSA) is 56.1 Å². The van der Waals surface area contributed by atoms with Crippen LogP contribution in [0.3, 0.4) is 0 Å². The number of anilines is 1. The lowest BCUT2D eigenvalue weighted by molar-refractivity contribution is 0.101. The van der Waals surface area contributed by atoms with Gasteiger partial charge in [-0.15, -0.1) is 11.3 Å². The molecular weight excluding hydrogens is 286 g/mol. The van der Waals surface area contributed by atoms with Gasteiger partial charge < -0.3 is 9.30 Å². The zero-order valence-electron chi connectivity index (χ0n) is 12.0. The number of thiazole rings is 1. The third kappa shape index (κ3) is 2.38. The molecule has 3 rings (SSSR count). The van der Waals surface area contributed by atoms with Gasteiger partial charge in [0.1, 0.15) is 11.4 Å². The number of nitrogens with zero attached hydrogens (tertiary/aromatic N) is 2. The lowest BCUT2D eigenvalue weighted by Crippen LogP contribution is -2.15. The van der Waals surface area contributed by atoms with E-state index < -0.39 is 0 Å². The number of rotatable bonds is 3. The lowest BCUT2D eigenvalue weighted by Gasteiger charge is -2.04. The van der Waals surface area contributed by atoms with Gasteiger partial charge in [0, 0.05) is 17.8 Å². The summed E-state index contributed by atoms with van der Waals surface area (Å²) in [5.74, 6) is 0.581. The number of carbonyl (C=O) groups excluding carboxylic acids is 1.